The second-order valence-corrected chi connectivity index (χ2v) is 16.4. The number of nitrogens with one attached hydrogen (secondary N) is 3. The second kappa shape index (κ2) is 33.4. The van der Waals surface area contributed by atoms with E-state index < -0.39 is 0 Å². The summed E-state index contributed by atoms with van der Waals surface area (Å²) in [5.74, 6) is 8.74. The Bertz CT molecular complexity index is 2120. The molecule has 0 radical (unpaired) electrons. The molecular formula is C52H77N9O9. The van der Waals surface area contributed by atoms with Crippen molar-refractivity contribution in [2.75, 3.05) is 95.2 Å². The average Bonchev–Trinajstić information content (AvgIpc) is 4.02. The minimum Gasteiger partial charge on any atom is -0.495 e. The lowest BCUT2D eigenvalue weighted by molar-refractivity contribution is -0.120. The summed E-state index contributed by atoms with van der Waals surface area (Å²) >= 11 is 0. The Morgan fingerprint density at radius 1 is 0.971 bits per heavy atom. The molecule has 2 aliphatic heterocycles. The summed E-state index contributed by atoms with van der Waals surface area (Å²) in [6, 6.07) is 12.2. The molecule has 0 spiro atoms. The van der Waals surface area contributed by atoms with Crippen LogP contribution in [-0.4, -0.2) is 138 Å². The number of benzene rings is 2. The van der Waals surface area contributed by atoms with E-state index in [1.54, 1.807) is 18.2 Å². The number of hydrogen-bond acceptors (Lipinski definition) is 14. The highest BCUT2D eigenvalue weighted by atomic mass is 16.6. The number of fused-ring (bicyclic) bond motifs is 2. The molecule has 384 valence electrons. The van der Waals surface area contributed by atoms with E-state index in [4.69, 9.17) is 33.5 Å². The highest BCUT2D eigenvalue weighted by molar-refractivity contribution is 6.04. The minimum absolute atomic E-state index is 0.122. The maximum absolute atomic E-state index is 13.0. The van der Waals surface area contributed by atoms with Crippen molar-refractivity contribution < 1.29 is 42.9 Å². The number of aromatic nitrogens is 2. The fourth-order valence-corrected chi connectivity index (χ4v) is 8.15. The van der Waals surface area contributed by atoms with Gasteiger partial charge >= 0.3 is 0 Å². The number of aryl methyl sites for hydroxylation is 1. The predicted molar refractivity (Wildman–Crippen MR) is 274 cm³/mol. The third kappa shape index (κ3) is 18.3. The minimum atomic E-state index is -0.174. The summed E-state index contributed by atoms with van der Waals surface area (Å²) in [6.07, 6.45) is 11.3. The molecule has 2 unspecified atom stereocenters. The molecule has 3 aromatic rings. The van der Waals surface area contributed by atoms with E-state index in [0.29, 0.717) is 84.3 Å². The van der Waals surface area contributed by atoms with Crippen LogP contribution in [0.1, 0.15) is 99.7 Å². The van der Waals surface area contributed by atoms with Crippen molar-refractivity contribution in [3.63, 3.8) is 0 Å². The number of primary amides is 1. The Labute approximate surface area is 415 Å². The van der Waals surface area contributed by atoms with Gasteiger partial charge in [0.2, 0.25) is 24.7 Å². The molecule has 2 atom stereocenters. The molecule has 18 heteroatoms. The molecule has 0 saturated heterocycles. The molecular weight excluding hydrogens is 895 g/mol. The van der Waals surface area contributed by atoms with Crippen molar-refractivity contribution in [3.05, 3.63) is 77.6 Å². The number of rotatable bonds is 24. The molecule has 6 rings (SSSR count). The van der Waals surface area contributed by atoms with Crippen LogP contribution >= 0.6 is 0 Å². The summed E-state index contributed by atoms with van der Waals surface area (Å²) in [7, 11) is 3.47. The second-order valence-electron chi connectivity index (χ2n) is 16.4. The molecule has 5 N–H and O–H groups in total. The Balaban J connectivity index is 0.000000322. The Hall–Kier alpha value is -6.10. The van der Waals surface area contributed by atoms with Gasteiger partial charge in [0.1, 0.15) is 17.5 Å². The van der Waals surface area contributed by atoms with Crippen LogP contribution in [0.5, 0.6) is 5.75 Å². The molecule has 4 amide bonds. The summed E-state index contributed by atoms with van der Waals surface area (Å²) < 4.78 is 27.1. The topological polar surface area (TPSA) is 212 Å². The van der Waals surface area contributed by atoms with Gasteiger partial charge < -0.3 is 60.1 Å². The van der Waals surface area contributed by atoms with Crippen molar-refractivity contribution in [3.8, 4) is 17.6 Å². The van der Waals surface area contributed by atoms with Crippen LogP contribution in [0.4, 0.5) is 23.1 Å². The van der Waals surface area contributed by atoms with Crippen LogP contribution in [0.2, 0.25) is 0 Å². The number of hydrogen-bond donors (Lipinski definition) is 4. The Morgan fingerprint density at radius 2 is 1.64 bits per heavy atom. The fraction of sp³-hybridized carbons (Fsp3) is 0.538. The molecule has 0 bridgehead atoms. The molecule has 70 heavy (non-hydrogen) atoms. The van der Waals surface area contributed by atoms with Gasteiger partial charge in [-0.2, -0.15) is 4.98 Å². The smallest absolute Gasteiger partial charge is 0.254 e. The van der Waals surface area contributed by atoms with E-state index in [2.05, 4.69) is 70.8 Å². The van der Waals surface area contributed by atoms with Crippen LogP contribution in [-0.2, 0) is 39.9 Å². The normalized spacial score (nSPS) is 15.1. The third-order valence-corrected chi connectivity index (χ3v) is 11.6. The number of nitrogens with two attached hydrogens (primary N) is 1. The number of methoxy groups -OCH3 is 1. The van der Waals surface area contributed by atoms with Gasteiger partial charge in [0.05, 0.1) is 71.8 Å². The molecule has 2 aromatic carbocycles. The van der Waals surface area contributed by atoms with Gasteiger partial charge in [0.25, 0.3) is 5.91 Å². The van der Waals surface area contributed by atoms with Gasteiger partial charge in [0.15, 0.2) is 5.82 Å². The zero-order chi connectivity index (χ0) is 51.1. The van der Waals surface area contributed by atoms with Crippen LogP contribution in [0.25, 0.3) is 0 Å². The number of amides is 4. The molecule has 3 aliphatic rings. The van der Waals surface area contributed by atoms with Gasteiger partial charge in [-0.25, -0.2) is 4.98 Å². The number of carbonyl (C=O) groups is 4. The third-order valence-electron chi connectivity index (χ3n) is 11.6. The van der Waals surface area contributed by atoms with Crippen molar-refractivity contribution >= 4 is 47.8 Å². The zero-order valence-corrected chi connectivity index (χ0v) is 42.4. The molecule has 1 saturated carbocycles. The lowest BCUT2D eigenvalue weighted by atomic mass is 10.0. The highest BCUT2D eigenvalue weighted by Crippen LogP contribution is 2.40. The van der Waals surface area contributed by atoms with Crippen LogP contribution < -0.4 is 36.2 Å². The first-order valence-corrected chi connectivity index (χ1v) is 24.3. The molecule has 1 fully saturated rings. The Kier molecular flexibility index (Phi) is 27.8. The first-order chi connectivity index (χ1) is 34.0. The predicted octanol–water partition coefficient (Wildman–Crippen LogP) is 5.88. The van der Waals surface area contributed by atoms with Gasteiger partial charge in [0, 0.05) is 50.0 Å². The van der Waals surface area contributed by atoms with Gasteiger partial charge in [-0.1, -0.05) is 63.7 Å². The first kappa shape index (κ1) is 58.2. The number of likely N-dealkylation sites (N-methyl/N-ethyl adjacent to an activating group) is 1. The maximum Gasteiger partial charge on any atom is 0.254 e. The number of carbonyl (C=O) groups excluding carboxylic acids is 4. The summed E-state index contributed by atoms with van der Waals surface area (Å²) in [5, 5.41) is 8.75. The SMILES string of the molecule is C=CNC=O.CCC1C(=O)N(C)c2cnc(Nc3ccc(C)cc3OC)nc2N1C1CCCC1.CCCC(C)N1Cc2c(C#CCNCCOCCOCCOCCOCC)cccc2C1=O.NC=O. The van der Waals surface area contributed by atoms with Crippen LogP contribution in [0.15, 0.2) is 55.4 Å². The van der Waals surface area contributed by atoms with E-state index in [9.17, 15) is 14.4 Å². The van der Waals surface area contributed by atoms with E-state index >= 15 is 0 Å². The Morgan fingerprint density at radius 3 is 2.24 bits per heavy atom. The highest BCUT2D eigenvalue weighted by Gasteiger charge is 2.41. The van der Waals surface area contributed by atoms with Crippen LogP contribution in [0, 0.1) is 18.8 Å². The lowest BCUT2D eigenvalue weighted by Gasteiger charge is -2.43. The van der Waals surface area contributed by atoms with Gasteiger partial charge in [-0.05, 0) is 88.0 Å². The number of ether oxygens (including phenoxy) is 5. The van der Waals surface area contributed by atoms with E-state index in [-0.39, 0.29) is 30.3 Å². The van der Waals surface area contributed by atoms with E-state index in [1.165, 1.54) is 19.0 Å². The summed E-state index contributed by atoms with van der Waals surface area (Å²) in [4.78, 5) is 58.8. The summed E-state index contributed by atoms with van der Waals surface area (Å²) in [5.41, 5.74) is 9.68. The van der Waals surface area contributed by atoms with E-state index in [0.717, 1.165) is 83.8 Å². The van der Waals surface area contributed by atoms with Gasteiger partial charge in [-0.3, -0.25) is 19.2 Å². The quantitative estimate of drug-likeness (QED) is 0.0470. The van der Waals surface area contributed by atoms with Crippen LogP contribution in [0.3, 0.4) is 0 Å². The fourth-order valence-electron chi connectivity index (χ4n) is 8.15. The lowest BCUT2D eigenvalue weighted by Crippen LogP contribution is -2.55. The maximum atomic E-state index is 13.0. The standard InChI is InChI=1S/C26H40N2O5.C22H29N5O2.C3H5NO.CH3NO/c1-4-8-22(3)28-21-25-23(9-6-11-24(25)26(28)29)10-7-12-27-13-14-31-17-18-33-20-19-32-16-15-30-5-2;1-5-17-21(28)26(3)18-13-23-22(24-16-11-10-14(2)12-19(16)29-4)25-20(18)27(17)15-8-6-7-9-15;1-2-4-3-5;2-1-3/h6,9,11,22,27H,4-5,8,12-21H2,1-3H3;10-13,15,17H,5-9H2,1-4H3,(H,23,24,25);2-3H,1H2,(H,4,5);1H,(H2,2,3). The molecule has 18 nitrogen and oxygen atoms in total. The largest absolute Gasteiger partial charge is 0.495 e. The molecule has 3 heterocycles. The van der Waals surface area contributed by atoms with Gasteiger partial charge in [-0.15, -0.1) is 0 Å². The van der Waals surface area contributed by atoms with Crippen molar-refractivity contribution in [2.45, 2.75) is 104 Å². The van der Waals surface area contributed by atoms with Crippen molar-refractivity contribution in [1.82, 2.24) is 25.5 Å². The average molecular weight is 972 g/mol. The number of anilines is 4. The zero-order valence-electron chi connectivity index (χ0n) is 42.4. The van der Waals surface area contributed by atoms with Crippen molar-refractivity contribution in [1.29, 1.82) is 0 Å². The first-order valence-electron chi connectivity index (χ1n) is 24.3. The van der Waals surface area contributed by atoms with E-state index in [1.807, 2.05) is 62.2 Å². The molecule has 1 aromatic heterocycles. The molecule has 1 aliphatic carbocycles. The summed E-state index contributed by atoms with van der Waals surface area (Å²) in [6.45, 7) is 20.3. The van der Waals surface area contributed by atoms with Crippen molar-refractivity contribution in [2.24, 2.45) is 5.73 Å². The monoisotopic (exact) mass is 972 g/mol. The number of nitrogens with zero attached hydrogens (tertiary/aromatic N) is 5.